The van der Waals surface area contributed by atoms with Gasteiger partial charge in [-0.2, -0.15) is 0 Å². The van der Waals surface area contributed by atoms with Gasteiger partial charge < -0.3 is 20.1 Å². The Morgan fingerprint density at radius 2 is 2.11 bits per heavy atom. The van der Waals surface area contributed by atoms with E-state index in [4.69, 9.17) is 9.84 Å². The number of hydrogen-bond donors (Lipinski definition) is 2. The average molecular weight is 270 g/mol. The van der Waals surface area contributed by atoms with Crippen LogP contribution in [0.3, 0.4) is 0 Å². The summed E-state index contributed by atoms with van der Waals surface area (Å²) in [5.41, 5.74) is -0.709. The van der Waals surface area contributed by atoms with Crippen LogP contribution in [0.4, 0.5) is 4.79 Å². The number of ether oxygens (including phenoxy) is 1. The fraction of sp³-hybridized carbons (Fsp3) is 0.846. The van der Waals surface area contributed by atoms with Crippen LogP contribution in [-0.2, 0) is 9.53 Å². The molecule has 2 N–H and O–H groups in total. The number of nitrogens with one attached hydrogen (secondary N) is 1. The Hall–Kier alpha value is -1.30. The zero-order valence-electron chi connectivity index (χ0n) is 11.4. The van der Waals surface area contributed by atoms with Crippen LogP contribution in [0.25, 0.3) is 0 Å². The van der Waals surface area contributed by atoms with Crippen LogP contribution in [0.15, 0.2) is 0 Å². The first-order valence-electron chi connectivity index (χ1n) is 6.84. The molecule has 2 rings (SSSR count). The van der Waals surface area contributed by atoms with Gasteiger partial charge in [-0.15, -0.1) is 0 Å². The second-order valence-corrected chi connectivity index (χ2v) is 5.68. The highest BCUT2D eigenvalue weighted by atomic mass is 16.5. The highest BCUT2D eigenvalue weighted by Gasteiger charge is 2.50. The summed E-state index contributed by atoms with van der Waals surface area (Å²) in [6.45, 7) is 2.06. The summed E-state index contributed by atoms with van der Waals surface area (Å²) in [4.78, 5) is 24.2. The largest absolute Gasteiger partial charge is 0.481 e. The van der Waals surface area contributed by atoms with Crippen molar-refractivity contribution in [3.63, 3.8) is 0 Å². The quantitative estimate of drug-likeness (QED) is 0.643. The molecule has 0 spiro atoms. The van der Waals surface area contributed by atoms with Gasteiger partial charge in [0.1, 0.15) is 0 Å². The summed E-state index contributed by atoms with van der Waals surface area (Å²) in [7, 11) is 1.69. The molecule has 0 aromatic rings. The molecule has 6 heteroatoms. The van der Waals surface area contributed by atoms with Crippen molar-refractivity contribution in [3.8, 4) is 0 Å². The minimum atomic E-state index is -0.816. The molecule has 0 heterocycles. The maximum atomic E-state index is 11.7. The number of carbonyl (C=O) groups is 2. The van der Waals surface area contributed by atoms with Crippen LogP contribution in [0.5, 0.6) is 0 Å². The molecule has 0 unspecified atom stereocenters. The molecule has 0 radical (unpaired) electrons. The van der Waals surface area contributed by atoms with Gasteiger partial charge >= 0.3 is 12.0 Å². The lowest BCUT2D eigenvalue weighted by Gasteiger charge is -2.19. The Kier molecular flexibility index (Phi) is 4.29. The number of nitrogens with zero attached hydrogens (tertiary/aromatic N) is 1. The standard InChI is InChI=1S/C13H22N2O4/c1-15(6-7-19-8-10-2-3-10)12(18)14-9-13(4-5-13)11(16)17/h10H,2-9H2,1H3,(H,14,18)(H,16,17). The zero-order chi connectivity index (χ0) is 13.9. The number of urea groups is 1. The third-order valence-electron chi connectivity index (χ3n) is 3.85. The fourth-order valence-corrected chi connectivity index (χ4v) is 1.83. The van der Waals surface area contributed by atoms with E-state index in [2.05, 4.69) is 5.32 Å². The van der Waals surface area contributed by atoms with E-state index in [-0.39, 0.29) is 12.6 Å². The SMILES string of the molecule is CN(CCOCC1CC1)C(=O)NCC1(C(=O)O)CC1. The van der Waals surface area contributed by atoms with Crippen LogP contribution in [0, 0.1) is 11.3 Å². The monoisotopic (exact) mass is 270 g/mol. The molecule has 0 saturated heterocycles. The zero-order valence-corrected chi connectivity index (χ0v) is 11.4. The number of rotatable bonds is 8. The topological polar surface area (TPSA) is 78.9 Å². The lowest BCUT2D eigenvalue weighted by atomic mass is 10.1. The normalized spacial score (nSPS) is 19.8. The number of carbonyl (C=O) groups excluding carboxylic acids is 1. The van der Waals surface area contributed by atoms with Crippen molar-refractivity contribution in [1.29, 1.82) is 0 Å². The Balaban J connectivity index is 1.57. The van der Waals surface area contributed by atoms with Gasteiger partial charge in [0.05, 0.1) is 12.0 Å². The van der Waals surface area contributed by atoms with Crippen molar-refractivity contribution in [2.24, 2.45) is 11.3 Å². The molecule has 2 saturated carbocycles. The molecular formula is C13H22N2O4. The van der Waals surface area contributed by atoms with Crippen molar-refractivity contribution < 1.29 is 19.4 Å². The van der Waals surface area contributed by atoms with Crippen LogP contribution in [0.2, 0.25) is 0 Å². The first kappa shape index (κ1) is 14.1. The summed E-state index contributed by atoms with van der Waals surface area (Å²) in [6, 6.07) is -0.234. The number of carboxylic acids is 1. The maximum Gasteiger partial charge on any atom is 0.317 e. The van der Waals surface area contributed by atoms with Gasteiger partial charge in [0.2, 0.25) is 0 Å². The van der Waals surface area contributed by atoms with Crippen LogP contribution < -0.4 is 5.32 Å². The lowest BCUT2D eigenvalue weighted by molar-refractivity contribution is -0.143. The first-order valence-corrected chi connectivity index (χ1v) is 6.84. The van der Waals surface area contributed by atoms with E-state index >= 15 is 0 Å². The average Bonchev–Trinajstić information content (AvgIpc) is 3.26. The molecule has 0 aromatic heterocycles. The Morgan fingerprint density at radius 3 is 2.63 bits per heavy atom. The Labute approximate surface area is 113 Å². The van der Waals surface area contributed by atoms with Crippen molar-refractivity contribution in [2.45, 2.75) is 25.7 Å². The highest BCUT2D eigenvalue weighted by molar-refractivity contribution is 5.80. The molecule has 2 fully saturated rings. The van der Waals surface area contributed by atoms with Crippen molar-refractivity contribution >= 4 is 12.0 Å². The summed E-state index contributed by atoms with van der Waals surface area (Å²) >= 11 is 0. The van der Waals surface area contributed by atoms with Crippen molar-refractivity contribution in [3.05, 3.63) is 0 Å². The maximum absolute atomic E-state index is 11.7. The summed E-state index contributed by atoms with van der Waals surface area (Å²) < 4.78 is 5.46. The van der Waals surface area contributed by atoms with Crippen molar-refractivity contribution in [2.75, 3.05) is 33.4 Å². The number of carboxylic acid groups (broad SMARTS) is 1. The van der Waals surface area contributed by atoms with E-state index in [0.717, 1.165) is 12.5 Å². The van der Waals surface area contributed by atoms with Gasteiger partial charge in [-0.25, -0.2) is 4.79 Å². The molecule has 2 aliphatic carbocycles. The predicted molar refractivity (Wildman–Crippen MR) is 68.9 cm³/mol. The van der Waals surface area contributed by atoms with Gasteiger partial charge in [0.15, 0.2) is 0 Å². The van der Waals surface area contributed by atoms with Crippen LogP contribution in [-0.4, -0.2) is 55.4 Å². The molecule has 19 heavy (non-hydrogen) atoms. The van der Waals surface area contributed by atoms with Crippen molar-refractivity contribution in [1.82, 2.24) is 10.2 Å². The minimum absolute atomic E-state index is 0.217. The Morgan fingerprint density at radius 1 is 1.42 bits per heavy atom. The highest BCUT2D eigenvalue weighted by Crippen LogP contribution is 2.45. The number of hydrogen-bond acceptors (Lipinski definition) is 3. The summed E-state index contributed by atoms with van der Waals surface area (Å²) in [6.07, 6.45) is 3.81. The third kappa shape index (κ3) is 4.09. The van der Waals surface area contributed by atoms with E-state index in [1.165, 1.54) is 17.7 Å². The number of aliphatic carboxylic acids is 1. The second kappa shape index (κ2) is 5.77. The molecular weight excluding hydrogens is 248 g/mol. The molecule has 2 aliphatic rings. The van der Waals surface area contributed by atoms with Gasteiger partial charge in [-0.05, 0) is 31.6 Å². The number of amides is 2. The molecule has 0 atom stereocenters. The van der Waals surface area contributed by atoms with Gasteiger partial charge in [0.25, 0.3) is 0 Å². The fourth-order valence-electron chi connectivity index (χ4n) is 1.83. The van der Waals surface area contributed by atoms with E-state index in [1.807, 2.05) is 0 Å². The number of likely N-dealkylation sites (N-methyl/N-ethyl adjacent to an activating group) is 1. The Bertz CT molecular complexity index is 351. The predicted octanol–water partition coefficient (Wildman–Crippen LogP) is 0.919. The molecule has 0 aliphatic heterocycles. The second-order valence-electron chi connectivity index (χ2n) is 5.68. The van der Waals surface area contributed by atoms with E-state index in [9.17, 15) is 9.59 Å². The van der Waals surface area contributed by atoms with E-state index in [1.54, 1.807) is 7.05 Å². The first-order chi connectivity index (χ1) is 9.03. The van der Waals surface area contributed by atoms with E-state index < -0.39 is 11.4 Å². The van der Waals surface area contributed by atoms with Gasteiger partial charge in [0, 0.05) is 26.7 Å². The molecule has 108 valence electrons. The molecule has 6 nitrogen and oxygen atoms in total. The molecule has 0 aromatic carbocycles. The molecule has 0 bridgehead atoms. The smallest absolute Gasteiger partial charge is 0.317 e. The van der Waals surface area contributed by atoms with Crippen LogP contribution >= 0.6 is 0 Å². The molecule has 2 amide bonds. The summed E-state index contributed by atoms with van der Waals surface area (Å²) in [5, 5.41) is 11.7. The minimum Gasteiger partial charge on any atom is -0.481 e. The van der Waals surface area contributed by atoms with E-state index in [0.29, 0.717) is 26.0 Å². The van der Waals surface area contributed by atoms with Crippen LogP contribution in [0.1, 0.15) is 25.7 Å². The summed E-state index contributed by atoms with van der Waals surface area (Å²) in [5.74, 6) is -0.0901. The lowest BCUT2D eigenvalue weighted by Crippen LogP contribution is -2.42. The third-order valence-corrected chi connectivity index (χ3v) is 3.85. The van der Waals surface area contributed by atoms with Gasteiger partial charge in [-0.1, -0.05) is 0 Å². The van der Waals surface area contributed by atoms with Gasteiger partial charge in [-0.3, -0.25) is 4.79 Å².